The molecule has 0 saturated heterocycles. The molecule has 4 aromatic rings. The first-order valence-electron chi connectivity index (χ1n) is 9.73. The second kappa shape index (κ2) is 8.07. The Morgan fingerprint density at radius 3 is 2.44 bits per heavy atom. The van der Waals surface area contributed by atoms with Gasteiger partial charge in [-0.05, 0) is 44.2 Å². The molecule has 2 heterocycles. The summed E-state index contributed by atoms with van der Waals surface area (Å²) in [6.07, 6.45) is -2.27. The highest BCUT2D eigenvalue weighted by Crippen LogP contribution is 2.37. The summed E-state index contributed by atoms with van der Waals surface area (Å²) in [5, 5.41) is 6.74. The van der Waals surface area contributed by atoms with Crippen molar-refractivity contribution in [2.45, 2.75) is 26.1 Å². The average molecular weight is 442 g/mol. The Morgan fingerprint density at radius 1 is 1.06 bits per heavy atom. The van der Waals surface area contributed by atoms with Gasteiger partial charge in [0.2, 0.25) is 0 Å². The van der Waals surface area contributed by atoms with Crippen molar-refractivity contribution >= 4 is 16.8 Å². The van der Waals surface area contributed by atoms with Crippen LogP contribution in [0.1, 0.15) is 40.1 Å². The van der Waals surface area contributed by atoms with Crippen LogP contribution < -0.4 is 5.32 Å². The number of fused-ring (bicyclic) bond motifs is 1. The van der Waals surface area contributed by atoms with Crippen LogP contribution in [0.5, 0.6) is 0 Å². The number of pyridine rings is 1. The summed E-state index contributed by atoms with van der Waals surface area (Å²) in [7, 11) is 0. The summed E-state index contributed by atoms with van der Waals surface area (Å²) >= 11 is 0. The van der Waals surface area contributed by atoms with E-state index < -0.39 is 29.3 Å². The van der Waals surface area contributed by atoms with E-state index in [1.807, 2.05) is 0 Å². The molecule has 0 aliphatic heterocycles. The SMILES string of the molecule is Cc1c(C(C)NC(=O)c2cnc3ccccc3c2C(F)(F)F)cnn1-c1ccc(F)cc1. The molecule has 164 valence electrons. The van der Waals surface area contributed by atoms with Gasteiger partial charge in [0.05, 0.1) is 34.6 Å². The third-order valence-electron chi connectivity index (χ3n) is 5.24. The van der Waals surface area contributed by atoms with Gasteiger partial charge in [0.15, 0.2) is 0 Å². The van der Waals surface area contributed by atoms with Gasteiger partial charge in [-0.2, -0.15) is 18.3 Å². The number of carbonyl (C=O) groups is 1. The highest BCUT2D eigenvalue weighted by Gasteiger charge is 2.38. The molecule has 2 aromatic carbocycles. The molecule has 0 bridgehead atoms. The number of nitrogens with zero attached hydrogens (tertiary/aromatic N) is 3. The molecule has 2 aromatic heterocycles. The van der Waals surface area contributed by atoms with Crippen molar-refractivity contribution < 1.29 is 22.4 Å². The summed E-state index contributed by atoms with van der Waals surface area (Å²) in [5.41, 5.74) is 0.479. The smallest absolute Gasteiger partial charge is 0.345 e. The number of aromatic nitrogens is 3. The zero-order valence-corrected chi connectivity index (χ0v) is 17.1. The van der Waals surface area contributed by atoms with Crippen LogP contribution in [0, 0.1) is 12.7 Å². The highest BCUT2D eigenvalue weighted by molar-refractivity contribution is 6.00. The van der Waals surface area contributed by atoms with Crippen molar-refractivity contribution in [2.24, 2.45) is 0 Å². The summed E-state index contributed by atoms with van der Waals surface area (Å²) in [6.45, 7) is 3.41. The quantitative estimate of drug-likeness (QED) is 0.432. The highest BCUT2D eigenvalue weighted by atomic mass is 19.4. The second-order valence-corrected chi connectivity index (χ2v) is 7.33. The van der Waals surface area contributed by atoms with Crippen molar-refractivity contribution in [1.82, 2.24) is 20.1 Å². The molecule has 32 heavy (non-hydrogen) atoms. The number of amides is 1. The maximum absolute atomic E-state index is 13.8. The van der Waals surface area contributed by atoms with E-state index in [9.17, 15) is 22.4 Å². The third-order valence-corrected chi connectivity index (χ3v) is 5.24. The van der Waals surface area contributed by atoms with Crippen LogP contribution in [0.4, 0.5) is 17.6 Å². The maximum atomic E-state index is 13.8. The van der Waals surface area contributed by atoms with E-state index in [-0.39, 0.29) is 16.7 Å². The Kier molecular flexibility index (Phi) is 5.41. The van der Waals surface area contributed by atoms with E-state index in [1.54, 1.807) is 36.7 Å². The molecule has 9 heteroatoms. The fraction of sp³-hybridized carbons (Fsp3) is 0.174. The topological polar surface area (TPSA) is 59.8 Å². The largest absolute Gasteiger partial charge is 0.417 e. The van der Waals surface area contributed by atoms with E-state index >= 15 is 0 Å². The monoisotopic (exact) mass is 442 g/mol. The third kappa shape index (κ3) is 3.93. The molecule has 1 N–H and O–H groups in total. The number of alkyl halides is 3. The predicted molar refractivity (Wildman–Crippen MR) is 111 cm³/mol. The van der Waals surface area contributed by atoms with Gasteiger partial charge in [0, 0.05) is 22.8 Å². The number of hydrogen-bond acceptors (Lipinski definition) is 3. The van der Waals surface area contributed by atoms with Crippen LogP contribution >= 0.6 is 0 Å². The summed E-state index contributed by atoms with van der Waals surface area (Å²) in [5.74, 6) is -1.28. The minimum Gasteiger partial charge on any atom is -0.345 e. The number of halogens is 4. The molecular formula is C23H18F4N4O. The zero-order chi connectivity index (χ0) is 23.0. The van der Waals surface area contributed by atoms with Crippen molar-refractivity contribution in [2.75, 3.05) is 0 Å². The summed E-state index contributed by atoms with van der Waals surface area (Å²) < 4.78 is 56.3. The normalized spacial score (nSPS) is 12.7. The second-order valence-electron chi connectivity index (χ2n) is 7.33. The lowest BCUT2D eigenvalue weighted by atomic mass is 10.0. The first-order chi connectivity index (χ1) is 15.2. The fourth-order valence-electron chi connectivity index (χ4n) is 3.66. The molecule has 0 saturated carbocycles. The van der Waals surface area contributed by atoms with Crippen molar-refractivity contribution in [3.8, 4) is 5.69 Å². The number of carbonyl (C=O) groups excluding carboxylic acids is 1. The summed E-state index contributed by atoms with van der Waals surface area (Å²) in [4.78, 5) is 16.9. The lowest BCUT2D eigenvalue weighted by Crippen LogP contribution is -2.29. The number of benzene rings is 2. The maximum Gasteiger partial charge on any atom is 0.417 e. The van der Waals surface area contributed by atoms with Gasteiger partial charge in [0.1, 0.15) is 5.82 Å². The van der Waals surface area contributed by atoms with Gasteiger partial charge in [-0.15, -0.1) is 0 Å². The fourth-order valence-corrected chi connectivity index (χ4v) is 3.66. The molecule has 1 unspecified atom stereocenters. The molecule has 4 rings (SSSR count). The van der Waals surface area contributed by atoms with Gasteiger partial charge in [-0.1, -0.05) is 18.2 Å². The minimum atomic E-state index is -4.73. The van der Waals surface area contributed by atoms with Crippen LogP contribution in [0.25, 0.3) is 16.6 Å². The number of para-hydroxylation sites is 1. The number of hydrogen-bond donors (Lipinski definition) is 1. The van der Waals surface area contributed by atoms with Crippen LogP contribution in [0.15, 0.2) is 60.9 Å². The van der Waals surface area contributed by atoms with Gasteiger partial charge < -0.3 is 5.32 Å². The Morgan fingerprint density at radius 2 is 1.75 bits per heavy atom. The molecule has 0 aliphatic rings. The molecular weight excluding hydrogens is 424 g/mol. The van der Waals surface area contributed by atoms with E-state index in [1.165, 1.54) is 36.5 Å². The van der Waals surface area contributed by atoms with Gasteiger partial charge in [-0.3, -0.25) is 9.78 Å². The van der Waals surface area contributed by atoms with Gasteiger partial charge in [0.25, 0.3) is 5.91 Å². The molecule has 0 radical (unpaired) electrons. The van der Waals surface area contributed by atoms with Gasteiger partial charge in [-0.25, -0.2) is 9.07 Å². The minimum absolute atomic E-state index is 0.138. The van der Waals surface area contributed by atoms with E-state index in [0.717, 1.165) is 6.20 Å². The molecule has 5 nitrogen and oxygen atoms in total. The first kappa shape index (κ1) is 21.5. The Balaban J connectivity index is 1.65. The van der Waals surface area contributed by atoms with Crippen molar-refractivity contribution in [1.29, 1.82) is 0 Å². The Labute approximate surface area is 180 Å². The number of nitrogens with one attached hydrogen (secondary N) is 1. The van der Waals surface area contributed by atoms with Gasteiger partial charge >= 0.3 is 6.18 Å². The van der Waals surface area contributed by atoms with Crippen molar-refractivity contribution in [3.05, 3.63) is 89.1 Å². The molecule has 1 amide bonds. The lowest BCUT2D eigenvalue weighted by molar-refractivity contribution is -0.136. The zero-order valence-electron chi connectivity index (χ0n) is 17.1. The average Bonchev–Trinajstić information content (AvgIpc) is 3.14. The van der Waals surface area contributed by atoms with E-state index in [4.69, 9.17) is 0 Å². The van der Waals surface area contributed by atoms with Crippen molar-refractivity contribution in [3.63, 3.8) is 0 Å². The first-order valence-corrected chi connectivity index (χ1v) is 9.73. The number of rotatable bonds is 4. The Hall–Kier alpha value is -3.75. The van der Waals surface area contributed by atoms with Crippen LogP contribution in [-0.2, 0) is 6.18 Å². The van der Waals surface area contributed by atoms with E-state index in [0.29, 0.717) is 16.9 Å². The van der Waals surface area contributed by atoms with Crippen LogP contribution in [0.2, 0.25) is 0 Å². The summed E-state index contributed by atoms with van der Waals surface area (Å²) in [6, 6.07) is 10.9. The Bertz CT molecular complexity index is 1300. The standard InChI is InChI=1S/C23H18F4N4O/c1-13(18-12-29-31(14(18)2)16-9-7-15(24)8-10-16)30-22(32)19-11-28-20-6-4-3-5-17(20)21(19)23(25,26)27/h3-13H,1-2H3,(H,30,32). The molecule has 0 spiro atoms. The lowest BCUT2D eigenvalue weighted by Gasteiger charge is -2.18. The predicted octanol–water partition coefficient (Wildman–Crippen LogP) is 5.38. The van der Waals surface area contributed by atoms with Crippen LogP contribution in [-0.4, -0.2) is 20.7 Å². The molecule has 1 atom stereocenters. The van der Waals surface area contributed by atoms with E-state index in [2.05, 4.69) is 15.4 Å². The molecule has 0 aliphatic carbocycles. The molecule has 0 fully saturated rings. The van der Waals surface area contributed by atoms with Crippen LogP contribution in [0.3, 0.4) is 0 Å².